The lowest BCUT2D eigenvalue weighted by Crippen LogP contribution is -1.95. The van der Waals surface area contributed by atoms with Crippen molar-refractivity contribution in [3.8, 4) is 22.4 Å². The second-order valence-corrected chi connectivity index (χ2v) is 5.26. The number of rotatable bonds is 3. The van der Waals surface area contributed by atoms with Crippen LogP contribution in [0.4, 0.5) is 5.69 Å². The topological polar surface area (TPSA) is 62.8 Å². The summed E-state index contributed by atoms with van der Waals surface area (Å²) in [6.07, 6.45) is 3.07. The number of aromatic nitrogens is 1. The first-order chi connectivity index (χ1) is 10.7. The highest BCUT2D eigenvalue weighted by atomic mass is 14.7. The number of nitrogens with one attached hydrogen (secondary N) is 1. The Bertz CT molecular complexity index is 838. The molecule has 3 aromatic rings. The summed E-state index contributed by atoms with van der Waals surface area (Å²) in [4.78, 5) is 4.55. The molecule has 0 aliphatic carbocycles. The summed E-state index contributed by atoms with van der Waals surface area (Å²) in [7, 11) is 0. The highest BCUT2D eigenvalue weighted by Crippen LogP contribution is 2.32. The minimum atomic E-state index is 0.603. The molecule has 2 aromatic carbocycles. The van der Waals surface area contributed by atoms with Gasteiger partial charge in [-0.3, -0.25) is 4.98 Å². The lowest BCUT2D eigenvalue weighted by atomic mass is 9.97. The van der Waals surface area contributed by atoms with E-state index < -0.39 is 0 Å². The van der Waals surface area contributed by atoms with Crippen molar-refractivity contribution in [2.75, 3.05) is 5.73 Å². The Kier molecular flexibility index (Phi) is 3.71. The van der Waals surface area contributed by atoms with Crippen LogP contribution in [0.15, 0.2) is 60.8 Å². The number of benzene rings is 2. The molecule has 22 heavy (non-hydrogen) atoms. The zero-order valence-corrected chi connectivity index (χ0v) is 12.4. The number of hydrogen-bond donors (Lipinski definition) is 2. The van der Waals surface area contributed by atoms with Gasteiger partial charge in [0.25, 0.3) is 0 Å². The monoisotopic (exact) mass is 287 g/mol. The Balaban J connectivity index is 2.16. The van der Waals surface area contributed by atoms with Gasteiger partial charge in [0.05, 0.1) is 5.69 Å². The first kappa shape index (κ1) is 14.0. The van der Waals surface area contributed by atoms with Crippen molar-refractivity contribution in [1.29, 1.82) is 5.41 Å². The van der Waals surface area contributed by atoms with Crippen LogP contribution in [0.2, 0.25) is 0 Å². The third kappa shape index (κ3) is 2.61. The quantitative estimate of drug-likeness (QED) is 0.557. The van der Waals surface area contributed by atoms with Crippen LogP contribution in [-0.4, -0.2) is 11.2 Å². The number of anilines is 1. The lowest BCUT2D eigenvalue weighted by Gasteiger charge is -2.11. The number of pyridine rings is 1. The van der Waals surface area contributed by atoms with Crippen LogP contribution in [-0.2, 0) is 0 Å². The molecule has 0 radical (unpaired) electrons. The highest BCUT2D eigenvalue weighted by Gasteiger charge is 2.09. The summed E-state index contributed by atoms with van der Waals surface area (Å²) in [5.74, 6) is 0. The maximum Gasteiger partial charge on any atom is 0.0780 e. The second kappa shape index (κ2) is 5.82. The second-order valence-electron chi connectivity index (χ2n) is 5.26. The maximum absolute atomic E-state index is 7.34. The van der Waals surface area contributed by atoms with Crippen LogP contribution in [0.5, 0.6) is 0 Å². The number of aryl methyl sites for hydroxylation is 1. The molecular formula is C19H17N3. The van der Waals surface area contributed by atoms with Gasteiger partial charge in [-0.15, -0.1) is 0 Å². The van der Waals surface area contributed by atoms with Crippen molar-refractivity contribution < 1.29 is 0 Å². The molecule has 3 heteroatoms. The number of hydrogen-bond acceptors (Lipinski definition) is 3. The molecule has 0 saturated heterocycles. The van der Waals surface area contributed by atoms with Gasteiger partial charge in [0.15, 0.2) is 0 Å². The van der Waals surface area contributed by atoms with E-state index in [1.807, 2.05) is 36.4 Å². The Hall–Kier alpha value is -2.94. The Morgan fingerprint density at radius 1 is 1.00 bits per heavy atom. The van der Waals surface area contributed by atoms with Gasteiger partial charge in [-0.1, -0.05) is 42.0 Å². The van der Waals surface area contributed by atoms with E-state index >= 15 is 0 Å². The molecule has 1 aromatic heterocycles. The molecule has 3 N–H and O–H groups in total. The molecule has 0 amide bonds. The van der Waals surface area contributed by atoms with E-state index in [2.05, 4.69) is 30.1 Å². The Labute approximate surface area is 130 Å². The zero-order chi connectivity index (χ0) is 15.5. The third-order valence-electron chi connectivity index (χ3n) is 3.65. The van der Waals surface area contributed by atoms with Crippen molar-refractivity contribution in [1.82, 2.24) is 4.98 Å². The largest absolute Gasteiger partial charge is 0.398 e. The average molecular weight is 287 g/mol. The Morgan fingerprint density at radius 3 is 2.59 bits per heavy atom. The summed E-state index contributed by atoms with van der Waals surface area (Å²) in [5, 5.41) is 7.34. The molecule has 0 saturated carbocycles. The van der Waals surface area contributed by atoms with Gasteiger partial charge in [0.2, 0.25) is 0 Å². The highest BCUT2D eigenvalue weighted by molar-refractivity contribution is 5.89. The molecule has 0 aliphatic rings. The van der Waals surface area contributed by atoms with E-state index in [0.29, 0.717) is 5.69 Å². The van der Waals surface area contributed by atoms with E-state index in [1.54, 1.807) is 6.20 Å². The van der Waals surface area contributed by atoms with Crippen LogP contribution in [0.3, 0.4) is 0 Å². The summed E-state index contributed by atoms with van der Waals surface area (Å²) in [6.45, 7) is 2.07. The minimum absolute atomic E-state index is 0.603. The number of nitrogens with two attached hydrogens (primary N) is 1. The third-order valence-corrected chi connectivity index (χ3v) is 3.65. The van der Waals surface area contributed by atoms with E-state index in [-0.39, 0.29) is 0 Å². The van der Waals surface area contributed by atoms with Crippen LogP contribution < -0.4 is 5.73 Å². The van der Waals surface area contributed by atoms with Crippen LogP contribution in [0.1, 0.15) is 11.1 Å². The fraction of sp³-hybridized carbons (Fsp3) is 0.0526. The summed E-state index contributed by atoms with van der Waals surface area (Å²) >= 11 is 0. The predicted molar refractivity (Wildman–Crippen MR) is 92.1 cm³/mol. The van der Waals surface area contributed by atoms with Crippen LogP contribution in [0.25, 0.3) is 22.4 Å². The molecule has 0 spiro atoms. The first-order valence-corrected chi connectivity index (χ1v) is 7.11. The van der Waals surface area contributed by atoms with Crippen LogP contribution >= 0.6 is 0 Å². The first-order valence-electron chi connectivity index (χ1n) is 7.11. The summed E-state index contributed by atoms with van der Waals surface area (Å²) in [5.41, 5.74) is 12.6. The van der Waals surface area contributed by atoms with Crippen molar-refractivity contribution in [3.63, 3.8) is 0 Å². The molecular weight excluding hydrogens is 270 g/mol. The minimum Gasteiger partial charge on any atom is -0.398 e. The normalized spacial score (nSPS) is 10.4. The fourth-order valence-corrected chi connectivity index (χ4v) is 2.53. The van der Waals surface area contributed by atoms with Gasteiger partial charge in [0.1, 0.15) is 0 Å². The number of nitrogen functional groups attached to an aromatic ring is 1. The molecule has 0 fully saturated rings. The van der Waals surface area contributed by atoms with Gasteiger partial charge in [-0.25, -0.2) is 0 Å². The smallest absolute Gasteiger partial charge is 0.0780 e. The van der Waals surface area contributed by atoms with E-state index in [4.69, 9.17) is 11.1 Å². The van der Waals surface area contributed by atoms with Crippen molar-refractivity contribution >= 4 is 11.9 Å². The summed E-state index contributed by atoms with van der Waals surface area (Å²) < 4.78 is 0. The average Bonchev–Trinajstić information content (AvgIpc) is 2.55. The molecule has 0 unspecified atom stereocenters. The van der Waals surface area contributed by atoms with Gasteiger partial charge < -0.3 is 11.1 Å². The SMILES string of the molecule is Cc1cccc(-c2ncccc2-c2ccc(C=N)c(N)c2)c1. The van der Waals surface area contributed by atoms with Gasteiger partial charge >= 0.3 is 0 Å². The molecule has 0 aliphatic heterocycles. The fourth-order valence-electron chi connectivity index (χ4n) is 2.53. The van der Waals surface area contributed by atoms with Gasteiger partial charge in [-0.05, 0) is 30.7 Å². The van der Waals surface area contributed by atoms with E-state index in [1.165, 1.54) is 11.8 Å². The maximum atomic E-state index is 7.34. The molecule has 3 nitrogen and oxygen atoms in total. The molecule has 1 heterocycles. The Morgan fingerprint density at radius 2 is 1.86 bits per heavy atom. The van der Waals surface area contributed by atoms with Crippen LogP contribution in [0, 0.1) is 12.3 Å². The molecule has 108 valence electrons. The molecule has 3 rings (SSSR count). The standard InChI is InChI=1S/C19H17N3/c1-13-4-2-5-15(10-13)19-17(6-3-9-22-19)14-7-8-16(12-20)18(21)11-14/h2-12,20H,21H2,1H3. The van der Waals surface area contributed by atoms with Crippen molar-refractivity contribution in [3.05, 3.63) is 71.9 Å². The van der Waals surface area contributed by atoms with Crippen molar-refractivity contribution in [2.45, 2.75) is 6.92 Å². The number of nitrogens with zero attached hydrogens (tertiary/aromatic N) is 1. The van der Waals surface area contributed by atoms with E-state index in [0.717, 1.165) is 27.9 Å². The lowest BCUT2D eigenvalue weighted by molar-refractivity contribution is 1.32. The predicted octanol–water partition coefficient (Wildman–Crippen LogP) is 4.30. The van der Waals surface area contributed by atoms with Gasteiger partial charge in [-0.2, -0.15) is 0 Å². The molecule has 0 bridgehead atoms. The summed E-state index contributed by atoms with van der Waals surface area (Å²) in [6, 6.07) is 18.0. The zero-order valence-electron chi connectivity index (χ0n) is 12.4. The molecule has 0 atom stereocenters. The van der Waals surface area contributed by atoms with Gasteiger partial charge in [0, 0.05) is 34.8 Å². The van der Waals surface area contributed by atoms with Crippen molar-refractivity contribution in [2.24, 2.45) is 0 Å². The van der Waals surface area contributed by atoms with E-state index in [9.17, 15) is 0 Å².